The lowest BCUT2D eigenvalue weighted by atomic mass is 10.1. The zero-order valence-electron chi connectivity index (χ0n) is 14.5. The molecule has 1 aliphatic rings. The summed E-state index contributed by atoms with van der Waals surface area (Å²) in [6.07, 6.45) is 12.1. The van der Waals surface area contributed by atoms with E-state index in [4.69, 9.17) is 18.9 Å². The fourth-order valence-electron chi connectivity index (χ4n) is 2.65. The second kappa shape index (κ2) is 15.7. The molecule has 0 radical (unpaired) electrons. The first-order chi connectivity index (χ1) is 10.9. The molecule has 1 aliphatic heterocycles. The van der Waals surface area contributed by atoms with Crippen molar-refractivity contribution < 1.29 is 18.9 Å². The molecule has 132 valence electrons. The minimum absolute atomic E-state index is 0.211. The van der Waals surface area contributed by atoms with E-state index in [2.05, 4.69) is 6.92 Å². The Hall–Kier alpha value is -0.160. The van der Waals surface area contributed by atoms with E-state index in [0.29, 0.717) is 46.2 Å². The topological polar surface area (TPSA) is 36.9 Å². The molecular weight excluding hydrogens is 280 g/mol. The third kappa shape index (κ3) is 12.4. The first-order valence-corrected chi connectivity index (χ1v) is 9.28. The van der Waals surface area contributed by atoms with Crippen molar-refractivity contribution in [1.29, 1.82) is 0 Å². The summed E-state index contributed by atoms with van der Waals surface area (Å²) < 4.78 is 22.4. The highest BCUT2D eigenvalue weighted by Gasteiger charge is 2.10. The van der Waals surface area contributed by atoms with Crippen LogP contribution in [-0.4, -0.2) is 52.4 Å². The summed E-state index contributed by atoms with van der Waals surface area (Å²) in [4.78, 5) is 0. The molecule has 0 aromatic rings. The number of hydrogen-bond donors (Lipinski definition) is 0. The number of hydrogen-bond acceptors (Lipinski definition) is 4. The van der Waals surface area contributed by atoms with Gasteiger partial charge in [0.1, 0.15) is 0 Å². The highest BCUT2D eigenvalue weighted by molar-refractivity contribution is 4.59. The van der Waals surface area contributed by atoms with Crippen LogP contribution in [0.5, 0.6) is 0 Å². The van der Waals surface area contributed by atoms with Crippen LogP contribution in [0.1, 0.15) is 64.7 Å². The summed E-state index contributed by atoms with van der Waals surface area (Å²) in [7, 11) is 0. The fourth-order valence-corrected chi connectivity index (χ4v) is 2.65. The van der Waals surface area contributed by atoms with E-state index in [1.807, 2.05) is 0 Å². The van der Waals surface area contributed by atoms with E-state index in [1.54, 1.807) is 0 Å². The minimum Gasteiger partial charge on any atom is -0.377 e. The van der Waals surface area contributed by atoms with E-state index >= 15 is 0 Å². The highest BCUT2D eigenvalue weighted by atomic mass is 16.6. The molecule has 4 heteroatoms. The van der Waals surface area contributed by atoms with Crippen molar-refractivity contribution in [2.45, 2.75) is 70.8 Å². The quantitative estimate of drug-likeness (QED) is 0.603. The van der Waals surface area contributed by atoms with Gasteiger partial charge in [0.25, 0.3) is 0 Å². The van der Waals surface area contributed by atoms with Gasteiger partial charge in [-0.25, -0.2) is 0 Å². The SMILES string of the molecule is CCCCCCCCCCC1COCCOCCOCCO1. The zero-order chi connectivity index (χ0) is 15.7. The van der Waals surface area contributed by atoms with Gasteiger partial charge in [0, 0.05) is 0 Å². The van der Waals surface area contributed by atoms with Gasteiger partial charge in [0.2, 0.25) is 0 Å². The predicted molar refractivity (Wildman–Crippen MR) is 89.4 cm³/mol. The van der Waals surface area contributed by atoms with Gasteiger partial charge < -0.3 is 18.9 Å². The Balaban J connectivity index is 2.02. The van der Waals surface area contributed by atoms with Crippen molar-refractivity contribution in [3.63, 3.8) is 0 Å². The van der Waals surface area contributed by atoms with Gasteiger partial charge in [-0.1, -0.05) is 58.3 Å². The molecule has 1 fully saturated rings. The second-order valence-corrected chi connectivity index (χ2v) is 6.06. The summed E-state index contributed by atoms with van der Waals surface area (Å²) >= 11 is 0. The van der Waals surface area contributed by atoms with Crippen LogP contribution in [-0.2, 0) is 18.9 Å². The number of unbranched alkanes of at least 4 members (excludes halogenated alkanes) is 7. The van der Waals surface area contributed by atoms with Gasteiger partial charge in [-0.15, -0.1) is 0 Å². The maximum Gasteiger partial charge on any atom is 0.0809 e. The minimum atomic E-state index is 0.211. The molecule has 0 amide bonds. The Bertz CT molecular complexity index is 211. The third-order valence-corrected chi connectivity index (χ3v) is 4.01. The van der Waals surface area contributed by atoms with Crippen molar-refractivity contribution in [3.8, 4) is 0 Å². The van der Waals surface area contributed by atoms with E-state index in [9.17, 15) is 0 Å². The molecule has 1 heterocycles. The van der Waals surface area contributed by atoms with Crippen LogP contribution in [0.25, 0.3) is 0 Å². The Kier molecular flexibility index (Phi) is 14.2. The number of rotatable bonds is 9. The molecule has 0 spiro atoms. The average Bonchev–Trinajstić information content (AvgIpc) is 2.52. The molecule has 0 aliphatic carbocycles. The summed E-state index contributed by atoms with van der Waals surface area (Å²) in [6, 6.07) is 0. The second-order valence-electron chi connectivity index (χ2n) is 6.06. The molecular formula is C18H36O4. The van der Waals surface area contributed by atoms with Crippen LogP contribution in [0, 0.1) is 0 Å². The summed E-state index contributed by atoms with van der Waals surface area (Å²) in [5.74, 6) is 0. The van der Waals surface area contributed by atoms with Crippen LogP contribution in [0.15, 0.2) is 0 Å². The van der Waals surface area contributed by atoms with Gasteiger partial charge in [0.05, 0.1) is 52.4 Å². The summed E-state index contributed by atoms with van der Waals surface area (Å²) in [6.45, 7) is 6.84. The van der Waals surface area contributed by atoms with Crippen molar-refractivity contribution >= 4 is 0 Å². The lowest BCUT2D eigenvalue weighted by Crippen LogP contribution is -2.24. The van der Waals surface area contributed by atoms with E-state index in [1.165, 1.54) is 51.4 Å². The molecule has 1 saturated heterocycles. The maximum absolute atomic E-state index is 5.88. The fraction of sp³-hybridized carbons (Fsp3) is 1.00. The van der Waals surface area contributed by atoms with Gasteiger partial charge >= 0.3 is 0 Å². The lowest BCUT2D eigenvalue weighted by Gasteiger charge is -2.19. The van der Waals surface area contributed by atoms with Crippen LogP contribution in [0.4, 0.5) is 0 Å². The molecule has 1 rings (SSSR count). The maximum atomic E-state index is 5.88. The molecule has 4 nitrogen and oxygen atoms in total. The summed E-state index contributed by atoms with van der Waals surface area (Å²) in [5.41, 5.74) is 0. The van der Waals surface area contributed by atoms with Crippen molar-refractivity contribution in [1.82, 2.24) is 0 Å². The van der Waals surface area contributed by atoms with E-state index < -0.39 is 0 Å². The zero-order valence-corrected chi connectivity index (χ0v) is 14.5. The standard InChI is InChI=1S/C18H36O4/c1-2-3-4-5-6-7-8-9-10-18-17-21-14-13-19-11-12-20-15-16-22-18/h18H,2-17H2,1H3. The molecule has 0 bridgehead atoms. The molecule has 1 unspecified atom stereocenters. The van der Waals surface area contributed by atoms with Gasteiger partial charge in [-0.2, -0.15) is 0 Å². The molecule has 1 atom stereocenters. The third-order valence-electron chi connectivity index (χ3n) is 4.01. The van der Waals surface area contributed by atoms with E-state index in [-0.39, 0.29) is 6.10 Å². The van der Waals surface area contributed by atoms with Crippen molar-refractivity contribution in [3.05, 3.63) is 0 Å². The van der Waals surface area contributed by atoms with Crippen molar-refractivity contribution in [2.24, 2.45) is 0 Å². The van der Waals surface area contributed by atoms with Gasteiger partial charge in [-0.3, -0.25) is 0 Å². The smallest absolute Gasteiger partial charge is 0.0809 e. The average molecular weight is 316 g/mol. The van der Waals surface area contributed by atoms with Crippen LogP contribution in [0.3, 0.4) is 0 Å². The summed E-state index contributed by atoms with van der Waals surface area (Å²) in [5, 5.41) is 0. The monoisotopic (exact) mass is 316 g/mol. The largest absolute Gasteiger partial charge is 0.377 e. The normalized spacial score (nSPS) is 22.0. The Labute approximate surface area is 136 Å². The molecule has 0 aromatic carbocycles. The lowest BCUT2D eigenvalue weighted by molar-refractivity contribution is -0.0690. The van der Waals surface area contributed by atoms with Crippen molar-refractivity contribution in [2.75, 3.05) is 46.2 Å². The Morgan fingerprint density at radius 1 is 0.636 bits per heavy atom. The van der Waals surface area contributed by atoms with E-state index in [0.717, 1.165) is 6.42 Å². The highest BCUT2D eigenvalue weighted by Crippen LogP contribution is 2.12. The van der Waals surface area contributed by atoms with Gasteiger partial charge in [0.15, 0.2) is 0 Å². The molecule has 22 heavy (non-hydrogen) atoms. The van der Waals surface area contributed by atoms with Crippen LogP contribution in [0.2, 0.25) is 0 Å². The first kappa shape index (κ1) is 19.9. The van der Waals surface area contributed by atoms with Crippen LogP contribution < -0.4 is 0 Å². The first-order valence-electron chi connectivity index (χ1n) is 9.28. The molecule has 0 aromatic heterocycles. The Morgan fingerprint density at radius 3 is 1.86 bits per heavy atom. The molecule has 0 saturated carbocycles. The predicted octanol–water partition coefficient (Wildman–Crippen LogP) is 3.97. The van der Waals surface area contributed by atoms with Crippen LogP contribution >= 0.6 is 0 Å². The molecule has 0 N–H and O–H groups in total. The number of ether oxygens (including phenoxy) is 4. The Morgan fingerprint density at radius 2 is 1.18 bits per heavy atom. The van der Waals surface area contributed by atoms with Gasteiger partial charge in [-0.05, 0) is 6.42 Å².